The van der Waals surface area contributed by atoms with Crippen LogP contribution in [0.4, 0.5) is 18.9 Å². The molecule has 3 rings (SSSR count). The zero-order valence-corrected chi connectivity index (χ0v) is 13.7. The summed E-state index contributed by atoms with van der Waals surface area (Å²) in [5, 5.41) is 9.94. The fourth-order valence-electron chi connectivity index (χ4n) is 3.11. The van der Waals surface area contributed by atoms with Crippen LogP contribution in [0.1, 0.15) is 23.5 Å². The number of aromatic hydroxyl groups is 1. The Balaban J connectivity index is 1.79. The molecule has 0 spiro atoms. The number of methoxy groups -OCH3 is 1. The highest BCUT2D eigenvalue weighted by Crippen LogP contribution is 2.40. The number of nitrogens with zero attached hydrogens (tertiary/aromatic N) is 1. The van der Waals surface area contributed by atoms with Gasteiger partial charge in [0.15, 0.2) is 11.5 Å². The second-order valence-corrected chi connectivity index (χ2v) is 6.05. The predicted molar refractivity (Wildman–Crippen MR) is 89.9 cm³/mol. The highest BCUT2D eigenvalue weighted by Gasteiger charge is 2.31. The molecular formula is C19H18F3NO2. The first-order valence-corrected chi connectivity index (χ1v) is 7.79. The Bertz CT molecular complexity index is 784. The fourth-order valence-corrected chi connectivity index (χ4v) is 3.11. The molecule has 1 aliphatic rings. The van der Waals surface area contributed by atoms with Crippen molar-refractivity contribution in [1.82, 2.24) is 0 Å². The highest BCUT2D eigenvalue weighted by atomic mass is 19.4. The van der Waals surface area contributed by atoms with Crippen molar-refractivity contribution in [3.8, 4) is 11.5 Å². The number of alkyl halides is 3. The van der Waals surface area contributed by atoms with E-state index in [1.54, 1.807) is 12.1 Å². The van der Waals surface area contributed by atoms with E-state index < -0.39 is 11.7 Å². The third-order valence-electron chi connectivity index (χ3n) is 4.45. The molecule has 1 fully saturated rings. The maximum absolute atomic E-state index is 12.7. The van der Waals surface area contributed by atoms with Gasteiger partial charge in [0.2, 0.25) is 0 Å². The smallest absolute Gasteiger partial charge is 0.416 e. The lowest BCUT2D eigenvalue weighted by Gasteiger charge is -2.20. The van der Waals surface area contributed by atoms with E-state index in [1.165, 1.54) is 19.2 Å². The van der Waals surface area contributed by atoms with Gasteiger partial charge in [-0.05, 0) is 48.4 Å². The summed E-state index contributed by atoms with van der Waals surface area (Å²) in [6, 6.07) is 10.3. The van der Waals surface area contributed by atoms with Gasteiger partial charge in [0.1, 0.15) is 0 Å². The summed E-state index contributed by atoms with van der Waals surface area (Å²) in [5.41, 5.74) is 1.78. The van der Waals surface area contributed by atoms with Crippen molar-refractivity contribution in [2.75, 3.05) is 18.6 Å². The maximum atomic E-state index is 12.7. The molecule has 1 atom stereocenters. The summed E-state index contributed by atoms with van der Waals surface area (Å²) in [6.45, 7) is 4.62. The summed E-state index contributed by atoms with van der Waals surface area (Å²) in [5.74, 6) is 0.574. The van der Waals surface area contributed by atoms with Crippen LogP contribution in [0.25, 0.3) is 0 Å². The van der Waals surface area contributed by atoms with Crippen molar-refractivity contribution in [2.24, 2.45) is 0 Å². The molecule has 1 heterocycles. The van der Waals surface area contributed by atoms with Crippen LogP contribution < -0.4 is 9.64 Å². The molecule has 0 aliphatic carbocycles. The number of ether oxygens (including phenoxy) is 1. The van der Waals surface area contributed by atoms with Gasteiger partial charge < -0.3 is 14.7 Å². The van der Waals surface area contributed by atoms with Gasteiger partial charge in [-0.2, -0.15) is 13.2 Å². The minimum atomic E-state index is -4.34. The van der Waals surface area contributed by atoms with Crippen molar-refractivity contribution < 1.29 is 23.0 Å². The van der Waals surface area contributed by atoms with Crippen molar-refractivity contribution in [2.45, 2.75) is 18.5 Å². The molecule has 0 radical (unpaired) electrons. The zero-order chi connectivity index (χ0) is 18.2. The third kappa shape index (κ3) is 3.43. The lowest BCUT2D eigenvalue weighted by atomic mass is 9.97. The Morgan fingerprint density at radius 1 is 1.16 bits per heavy atom. The van der Waals surface area contributed by atoms with E-state index in [-0.39, 0.29) is 11.7 Å². The topological polar surface area (TPSA) is 32.7 Å². The number of halogens is 3. The molecule has 1 N–H and O–H groups in total. The Hall–Kier alpha value is -2.63. The van der Waals surface area contributed by atoms with Crippen LogP contribution >= 0.6 is 0 Å². The molecule has 3 nitrogen and oxygen atoms in total. The number of allylic oxidation sites excluding steroid dienone is 1. The second-order valence-electron chi connectivity index (χ2n) is 6.05. The number of phenols is 1. The number of hydrogen-bond acceptors (Lipinski definition) is 3. The lowest BCUT2D eigenvalue weighted by molar-refractivity contribution is -0.137. The van der Waals surface area contributed by atoms with Crippen molar-refractivity contribution in [1.29, 1.82) is 0 Å². The van der Waals surface area contributed by atoms with Crippen LogP contribution in [-0.4, -0.2) is 18.8 Å². The van der Waals surface area contributed by atoms with Gasteiger partial charge in [0, 0.05) is 23.8 Å². The molecule has 0 saturated carbocycles. The van der Waals surface area contributed by atoms with Gasteiger partial charge in [-0.15, -0.1) is 0 Å². The Morgan fingerprint density at radius 3 is 2.40 bits per heavy atom. The van der Waals surface area contributed by atoms with E-state index in [1.807, 2.05) is 11.0 Å². The van der Waals surface area contributed by atoms with Crippen LogP contribution in [-0.2, 0) is 6.18 Å². The van der Waals surface area contributed by atoms with Gasteiger partial charge in [-0.25, -0.2) is 0 Å². The average Bonchev–Trinajstić information content (AvgIpc) is 2.96. The zero-order valence-electron chi connectivity index (χ0n) is 13.7. The van der Waals surface area contributed by atoms with Gasteiger partial charge in [0.25, 0.3) is 0 Å². The molecule has 0 aromatic heterocycles. The Kier molecular flexibility index (Phi) is 4.37. The van der Waals surface area contributed by atoms with E-state index in [2.05, 4.69) is 6.58 Å². The summed E-state index contributed by atoms with van der Waals surface area (Å²) in [6.07, 6.45) is -3.67. The minimum absolute atomic E-state index is 0.0681. The van der Waals surface area contributed by atoms with Crippen molar-refractivity contribution >= 4 is 5.69 Å². The first-order chi connectivity index (χ1) is 11.8. The van der Waals surface area contributed by atoms with Gasteiger partial charge in [0.05, 0.1) is 12.7 Å². The van der Waals surface area contributed by atoms with Crippen LogP contribution in [0.5, 0.6) is 11.5 Å². The van der Waals surface area contributed by atoms with E-state index in [9.17, 15) is 18.3 Å². The first-order valence-electron chi connectivity index (χ1n) is 7.79. The van der Waals surface area contributed by atoms with Gasteiger partial charge in [-0.3, -0.25) is 0 Å². The number of anilines is 1. The number of hydrogen-bond donors (Lipinski definition) is 1. The molecule has 2 aromatic carbocycles. The summed E-state index contributed by atoms with van der Waals surface area (Å²) in [4.78, 5) is 1.91. The molecule has 0 unspecified atom stereocenters. The SMILES string of the molecule is C=C1C[C@H](c2ccc(OC)c(O)c2)CN1c1ccc(C(F)(F)F)cc1. The van der Waals surface area contributed by atoms with Crippen molar-refractivity contribution in [3.05, 3.63) is 65.9 Å². The van der Waals surface area contributed by atoms with Crippen LogP contribution in [0.2, 0.25) is 0 Å². The Labute approximate surface area is 144 Å². The van der Waals surface area contributed by atoms with Gasteiger partial charge >= 0.3 is 6.18 Å². The molecule has 0 amide bonds. The van der Waals surface area contributed by atoms with Crippen LogP contribution in [0.15, 0.2) is 54.7 Å². The largest absolute Gasteiger partial charge is 0.504 e. The van der Waals surface area contributed by atoms with E-state index >= 15 is 0 Å². The number of benzene rings is 2. The van der Waals surface area contributed by atoms with Crippen LogP contribution in [0.3, 0.4) is 0 Å². The Morgan fingerprint density at radius 2 is 1.84 bits per heavy atom. The molecule has 25 heavy (non-hydrogen) atoms. The molecule has 1 saturated heterocycles. The lowest BCUT2D eigenvalue weighted by Crippen LogP contribution is -2.17. The number of phenolic OH excluding ortho intramolecular Hbond substituents is 1. The minimum Gasteiger partial charge on any atom is -0.504 e. The quantitative estimate of drug-likeness (QED) is 0.853. The van der Waals surface area contributed by atoms with Crippen LogP contribution in [0, 0.1) is 0 Å². The monoisotopic (exact) mass is 349 g/mol. The van der Waals surface area contributed by atoms with Crippen molar-refractivity contribution in [3.63, 3.8) is 0 Å². The molecule has 2 aromatic rings. The standard InChI is InChI=1S/C19H18F3NO2/c1-12-9-14(13-3-8-18(25-2)17(24)10-13)11-23(12)16-6-4-15(5-7-16)19(20,21)22/h3-8,10,14,24H,1,9,11H2,2H3/t14-/m0/s1. The highest BCUT2D eigenvalue weighted by molar-refractivity contribution is 5.56. The predicted octanol–water partition coefficient (Wildman–Crippen LogP) is 4.93. The van der Waals surface area contributed by atoms with E-state index in [0.29, 0.717) is 24.4 Å². The maximum Gasteiger partial charge on any atom is 0.416 e. The van der Waals surface area contributed by atoms with E-state index in [4.69, 9.17) is 4.74 Å². The van der Waals surface area contributed by atoms with E-state index in [0.717, 1.165) is 23.4 Å². The molecule has 0 bridgehead atoms. The molecule has 1 aliphatic heterocycles. The third-order valence-corrected chi connectivity index (χ3v) is 4.45. The normalized spacial score (nSPS) is 17.8. The second kappa shape index (κ2) is 6.35. The fraction of sp³-hybridized carbons (Fsp3) is 0.263. The molecular weight excluding hydrogens is 331 g/mol. The average molecular weight is 349 g/mol. The summed E-state index contributed by atoms with van der Waals surface area (Å²) in [7, 11) is 1.48. The first kappa shape index (κ1) is 17.2. The van der Waals surface area contributed by atoms with Gasteiger partial charge in [-0.1, -0.05) is 12.6 Å². The summed E-state index contributed by atoms with van der Waals surface area (Å²) < 4.78 is 43.1. The molecule has 6 heteroatoms. The molecule has 132 valence electrons. The number of rotatable bonds is 3. The summed E-state index contributed by atoms with van der Waals surface area (Å²) >= 11 is 0.